The van der Waals surface area contributed by atoms with Gasteiger partial charge in [0.25, 0.3) is 0 Å². The third kappa shape index (κ3) is 7.81. The first kappa shape index (κ1) is 27.3. The number of nitrogen functional groups attached to an aromatic ring is 1. The molecule has 0 spiro atoms. The lowest BCUT2D eigenvalue weighted by molar-refractivity contribution is -0.147. The Hall–Kier alpha value is -2.98. The third-order valence-electron chi connectivity index (χ3n) is 5.08. The van der Waals surface area contributed by atoms with Gasteiger partial charge in [-0.05, 0) is 69.5 Å². The normalized spacial score (nSPS) is 13.7. The Morgan fingerprint density at radius 2 is 1.47 bits per heavy atom. The Kier molecular flexibility index (Phi) is 9.17. The van der Waals surface area contributed by atoms with Crippen LogP contribution in [0.2, 0.25) is 0 Å². The second kappa shape index (κ2) is 11.4. The number of rotatable bonds is 10. The van der Waals surface area contributed by atoms with E-state index in [1.54, 1.807) is 31.2 Å². The minimum atomic E-state index is -3.89. The minimum Gasteiger partial charge on any atom is -0.464 e. The zero-order valence-electron chi connectivity index (χ0n) is 19.8. The summed E-state index contributed by atoms with van der Waals surface area (Å²) in [4.78, 5) is 25.8. The molecule has 34 heavy (non-hydrogen) atoms. The first-order valence-corrected chi connectivity index (χ1v) is 12.4. The van der Waals surface area contributed by atoms with Gasteiger partial charge in [-0.2, -0.15) is 0 Å². The Morgan fingerprint density at radius 3 is 1.97 bits per heavy atom. The van der Waals surface area contributed by atoms with Gasteiger partial charge >= 0.3 is 5.97 Å². The quantitative estimate of drug-likeness (QED) is 0.344. The molecule has 0 unspecified atom stereocenters. The summed E-state index contributed by atoms with van der Waals surface area (Å²) in [5.41, 5.74) is 7.53. The fourth-order valence-electron chi connectivity index (χ4n) is 3.01. The number of carbonyl (C=O) groups excluding carboxylic acids is 2. The fourth-order valence-corrected chi connectivity index (χ4v) is 3.92. The van der Waals surface area contributed by atoms with Crippen molar-refractivity contribution in [2.75, 3.05) is 12.3 Å². The van der Waals surface area contributed by atoms with Crippen molar-refractivity contribution >= 4 is 27.6 Å². The molecule has 0 bridgehead atoms. The van der Waals surface area contributed by atoms with Crippen LogP contribution in [-0.2, 0) is 37.2 Å². The van der Waals surface area contributed by atoms with Crippen LogP contribution in [0.1, 0.15) is 38.8 Å². The van der Waals surface area contributed by atoms with E-state index in [0.29, 0.717) is 16.8 Å². The standard InChI is InChI=1S/C24H32FN3O5S/c1-5-33-23(30)21(15-16-6-10-18(25)11-7-16)27-22(29)20(28-34(31,32)24(2,3)4)14-17-8-12-19(26)13-9-17/h6-13,20-21,28H,5,14-15,26H2,1-4H3,(H,27,29)/t20-,21-/m0/s1. The molecule has 0 aromatic heterocycles. The van der Waals surface area contributed by atoms with Gasteiger partial charge in [-0.15, -0.1) is 0 Å². The summed E-state index contributed by atoms with van der Waals surface area (Å²) in [5, 5.41) is 2.61. The van der Waals surface area contributed by atoms with Gasteiger partial charge in [0.2, 0.25) is 15.9 Å². The molecule has 2 aromatic carbocycles. The van der Waals surface area contributed by atoms with Crippen molar-refractivity contribution < 1.29 is 27.1 Å². The number of benzene rings is 2. The van der Waals surface area contributed by atoms with Crippen LogP contribution in [0.3, 0.4) is 0 Å². The van der Waals surface area contributed by atoms with Crippen LogP contribution in [0.15, 0.2) is 48.5 Å². The number of carbonyl (C=O) groups is 2. The summed E-state index contributed by atoms with van der Waals surface area (Å²) in [6.07, 6.45) is 0.0823. The van der Waals surface area contributed by atoms with Crippen molar-refractivity contribution in [2.45, 2.75) is 57.4 Å². The number of nitrogens with two attached hydrogens (primary N) is 1. The topological polar surface area (TPSA) is 128 Å². The molecule has 186 valence electrons. The molecule has 0 radical (unpaired) electrons. The molecule has 2 rings (SSSR count). The predicted octanol–water partition coefficient (Wildman–Crippen LogP) is 2.33. The number of amides is 1. The number of halogens is 1. The molecular weight excluding hydrogens is 461 g/mol. The number of esters is 1. The molecule has 0 heterocycles. The van der Waals surface area contributed by atoms with E-state index in [-0.39, 0.29) is 19.4 Å². The second-order valence-corrected chi connectivity index (χ2v) is 11.3. The van der Waals surface area contributed by atoms with Gasteiger partial charge in [0, 0.05) is 12.1 Å². The van der Waals surface area contributed by atoms with Gasteiger partial charge < -0.3 is 15.8 Å². The second-order valence-electron chi connectivity index (χ2n) is 8.88. The van der Waals surface area contributed by atoms with Crippen LogP contribution in [0.25, 0.3) is 0 Å². The summed E-state index contributed by atoms with van der Waals surface area (Å²) in [6, 6.07) is 9.91. The molecule has 8 nitrogen and oxygen atoms in total. The largest absolute Gasteiger partial charge is 0.464 e. The van der Waals surface area contributed by atoms with Crippen molar-refractivity contribution in [1.82, 2.24) is 10.0 Å². The molecule has 2 atom stereocenters. The van der Waals surface area contributed by atoms with Crippen LogP contribution < -0.4 is 15.8 Å². The predicted molar refractivity (Wildman–Crippen MR) is 129 cm³/mol. The Morgan fingerprint density at radius 1 is 0.971 bits per heavy atom. The Bertz CT molecular complexity index is 1080. The molecule has 2 aromatic rings. The van der Waals surface area contributed by atoms with Crippen molar-refractivity contribution in [2.24, 2.45) is 0 Å². The van der Waals surface area contributed by atoms with E-state index in [4.69, 9.17) is 10.5 Å². The first-order chi connectivity index (χ1) is 15.8. The van der Waals surface area contributed by atoms with Gasteiger partial charge in [-0.25, -0.2) is 22.3 Å². The maximum atomic E-state index is 13.3. The number of ether oxygens (including phenoxy) is 1. The number of hydrogen-bond donors (Lipinski definition) is 3. The molecule has 1 amide bonds. The molecule has 0 saturated carbocycles. The summed E-state index contributed by atoms with van der Waals surface area (Å²) in [7, 11) is -3.89. The van der Waals surface area contributed by atoms with Crippen LogP contribution >= 0.6 is 0 Å². The lowest BCUT2D eigenvalue weighted by Gasteiger charge is -2.26. The van der Waals surface area contributed by atoms with Gasteiger partial charge in [0.1, 0.15) is 17.9 Å². The maximum Gasteiger partial charge on any atom is 0.328 e. The Balaban J connectivity index is 2.31. The molecule has 10 heteroatoms. The highest BCUT2D eigenvalue weighted by Gasteiger charge is 2.35. The summed E-state index contributed by atoms with van der Waals surface area (Å²) < 4.78 is 45.3. The smallest absolute Gasteiger partial charge is 0.328 e. The van der Waals surface area contributed by atoms with Gasteiger partial charge in [0.15, 0.2) is 0 Å². The van der Waals surface area contributed by atoms with Gasteiger partial charge in [0.05, 0.1) is 11.4 Å². The molecular formula is C24H32FN3O5S. The Labute approximate surface area is 200 Å². The monoisotopic (exact) mass is 493 g/mol. The van der Waals surface area contributed by atoms with E-state index >= 15 is 0 Å². The highest BCUT2D eigenvalue weighted by Crippen LogP contribution is 2.16. The van der Waals surface area contributed by atoms with Crippen molar-refractivity contribution in [3.8, 4) is 0 Å². The number of anilines is 1. The van der Waals surface area contributed by atoms with E-state index in [9.17, 15) is 22.4 Å². The van der Waals surface area contributed by atoms with Crippen LogP contribution in [-0.4, -0.2) is 43.7 Å². The lowest BCUT2D eigenvalue weighted by Crippen LogP contribution is -2.55. The molecule has 0 saturated heterocycles. The van der Waals surface area contributed by atoms with Crippen LogP contribution in [0.5, 0.6) is 0 Å². The average molecular weight is 494 g/mol. The summed E-state index contributed by atoms with van der Waals surface area (Å²) >= 11 is 0. The highest BCUT2D eigenvalue weighted by atomic mass is 32.2. The van der Waals surface area contributed by atoms with E-state index in [1.807, 2.05) is 0 Å². The minimum absolute atomic E-state index is 0.0352. The average Bonchev–Trinajstić information content (AvgIpc) is 2.75. The van der Waals surface area contributed by atoms with E-state index in [1.165, 1.54) is 45.0 Å². The van der Waals surface area contributed by atoms with Crippen LogP contribution in [0.4, 0.5) is 10.1 Å². The third-order valence-corrected chi connectivity index (χ3v) is 7.29. The van der Waals surface area contributed by atoms with Gasteiger partial charge in [-0.1, -0.05) is 24.3 Å². The fraction of sp³-hybridized carbons (Fsp3) is 0.417. The first-order valence-electron chi connectivity index (χ1n) is 10.9. The number of hydrogen-bond acceptors (Lipinski definition) is 6. The molecule has 0 aliphatic carbocycles. The van der Waals surface area contributed by atoms with E-state index in [2.05, 4.69) is 10.0 Å². The molecule has 0 aliphatic heterocycles. The lowest BCUT2D eigenvalue weighted by atomic mass is 10.0. The molecule has 0 aliphatic rings. The van der Waals surface area contributed by atoms with Crippen molar-refractivity contribution in [3.63, 3.8) is 0 Å². The van der Waals surface area contributed by atoms with Crippen molar-refractivity contribution in [1.29, 1.82) is 0 Å². The number of sulfonamides is 1. The molecule has 4 N–H and O–H groups in total. The van der Waals surface area contributed by atoms with Crippen LogP contribution in [0, 0.1) is 5.82 Å². The van der Waals surface area contributed by atoms with E-state index < -0.39 is 44.5 Å². The summed E-state index contributed by atoms with van der Waals surface area (Å²) in [5.74, 6) is -1.80. The zero-order valence-corrected chi connectivity index (χ0v) is 20.6. The number of nitrogens with one attached hydrogen (secondary N) is 2. The van der Waals surface area contributed by atoms with Gasteiger partial charge in [-0.3, -0.25) is 4.79 Å². The van der Waals surface area contributed by atoms with Crippen molar-refractivity contribution in [3.05, 3.63) is 65.5 Å². The summed E-state index contributed by atoms with van der Waals surface area (Å²) in [6.45, 7) is 6.28. The highest BCUT2D eigenvalue weighted by molar-refractivity contribution is 7.90. The van der Waals surface area contributed by atoms with E-state index in [0.717, 1.165) is 0 Å². The zero-order chi connectivity index (χ0) is 25.5. The maximum absolute atomic E-state index is 13.3. The SMILES string of the molecule is CCOC(=O)[C@H](Cc1ccc(F)cc1)NC(=O)[C@H](Cc1ccc(N)cc1)NS(=O)(=O)C(C)(C)C. The molecule has 0 fully saturated rings.